The Morgan fingerprint density at radius 1 is 1.12 bits per heavy atom. The van der Waals surface area contributed by atoms with Crippen molar-refractivity contribution in [2.45, 2.75) is 11.8 Å². The number of ether oxygens (including phenoxy) is 1. The second-order valence-electron chi connectivity index (χ2n) is 6.09. The third kappa shape index (κ3) is 2.95. The highest BCUT2D eigenvalue weighted by Gasteiger charge is 2.28. The van der Waals surface area contributed by atoms with E-state index in [1.165, 1.54) is 4.31 Å². The summed E-state index contributed by atoms with van der Waals surface area (Å²) < 4.78 is 34.7. The predicted molar refractivity (Wildman–Crippen MR) is 94.9 cm³/mol. The Kier molecular flexibility index (Phi) is 4.07. The smallest absolute Gasteiger partial charge is 0.243 e. The summed E-state index contributed by atoms with van der Waals surface area (Å²) in [4.78, 5) is 4.92. The maximum Gasteiger partial charge on any atom is 0.243 e. The third-order valence-corrected chi connectivity index (χ3v) is 6.48. The van der Waals surface area contributed by atoms with Gasteiger partial charge in [-0.2, -0.15) is 4.31 Å². The van der Waals surface area contributed by atoms with Crippen LogP contribution in [-0.2, 0) is 14.8 Å². The number of imidazole rings is 1. The van der Waals surface area contributed by atoms with Crippen molar-refractivity contribution in [1.82, 2.24) is 13.7 Å². The van der Waals surface area contributed by atoms with Gasteiger partial charge in [-0.25, -0.2) is 13.4 Å². The molecule has 0 amide bonds. The monoisotopic (exact) mass is 357 g/mol. The molecule has 3 heterocycles. The topological polar surface area (TPSA) is 63.9 Å². The van der Waals surface area contributed by atoms with E-state index < -0.39 is 10.0 Å². The van der Waals surface area contributed by atoms with E-state index in [1.807, 2.05) is 54.0 Å². The van der Waals surface area contributed by atoms with Crippen LogP contribution in [0.25, 0.3) is 16.9 Å². The van der Waals surface area contributed by atoms with Crippen LogP contribution in [0.4, 0.5) is 0 Å². The van der Waals surface area contributed by atoms with Crippen LogP contribution in [0.1, 0.15) is 5.56 Å². The van der Waals surface area contributed by atoms with Crippen molar-refractivity contribution in [2.75, 3.05) is 26.3 Å². The molecule has 1 aromatic carbocycles. The van der Waals surface area contributed by atoms with E-state index in [9.17, 15) is 8.42 Å². The number of pyridine rings is 1. The molecule has 0 radical (unpaired) electrons. The van der Waals surface area contributed by atoms with Crippen molar-refractivity contribution in [3.05, 3.63) is 54.4 Å². The van der Waals surface area contributed by atoms with Gasteiger partial charge >= 0.3 is 0 Å². The largest absolute Gasteiger partial charge is 0.379 e. The summed E-state index contributed by atoms with van der Waals surface area (Å²) in [5.41, 5.74) is 3.11. The van der Waals surface area contributed by atoms with Crippen LogP contribution in [0.3, 0.4) is 0 Å². The molecule has 1 fully saturated rings. The summed E-state index contributed by atoms with van der Waals surface area (Å²) >= 11 is 0. The fourth-order valence-electron chi connectivity index (χ4n) is 3.04. The lowest BCUT2D eigenvalue weighted by Gasteiger charge is -2.26. The van der Waals surface area contributed by atoms with Crippen LogP contribution in [0.2, 0.25) is 0 Å². The van der Waals surface area contributed by atoms with Gasteiger partial charge < -0.3 is 9.14 Å². The molecule has 1 aliphatic rings. The van der Waals surface area contributed by atoms with Gasteiger partial charge in [0, 0.05) is 31.0 Å². The number of fused-ring (bicyclic) bond motifs is 1. The van der Waals surface area contributed by atoms with Gasteiger partial charge in [-0.05, 0) is 30.7 Å². The fraction of sp³-hybridized carbons (Fsp3) is 0.278. The van der Waals surface area contributed by atoms with E-state index in [-0.39, 0.29) is 0 Å². The Hall–Kier alpha value is -2.22. The van der Waals surface area contributed by atoms with Gasteiger partial charge in [-0.3, -0.25) is 0 Å². The molecule has 0 aliphatic carbocycles. The Morgan fingerprint density at radius 3 is 2.68 bits per heavy atom. The first-order valence-electron chi connectivity index (χ1n) is 8.18. The molecule has 1 saturated heterocycles. The minimum Gasteiger partial charge on any atom is -0.379 e. The van der Waals surface area contributed by atoms with Gasteiger partial charge in [0.25, 0.3) is 0 Å². The molecule has 0 unspecified atom stereocenters. The molecule has 130 valence electrons. The van der Waals surface area contributed by atoms with Crippen LogP contribution in [0, 0.1) is 6.92 Å². The lowest BCUT2D eigenvalue weighted by molar-refractivity contribution is 0.0730. The lowest BCUT2D eigenvalue weighted by atomic mass is 10.1. The molecule has 0 spiro atoms. The summed E-state index contributed by atoms with van der Waals surface area (Å²) in [7, 11) is -3.53. The van der Waals surface area contributed by atoms with Crippen LogP contribution in [0.15, 0.2) is 53.7 Å². The number of rotatable bonds is 3. The molecule has 0 bridgehead atoms. The van der Waals surface area contributed by atoms with Crippen LogP contribution >= 0.6 is 0 Å². The van der Waals surface area contributed by atoms with E-state index in [4.69, 9.17) is 4.74 Å². The average molecular weight is 357 g/mol. The molecular weight excluding hydrogens is 338 g/mol. The van der Waals surface area contributed by atoms with Gasteiger partial charge in [0.2, 0.25) is 10.0 Å². The minimum absolute atomic E-state index is 0.337. The van der Waals surface area contributed by atoms with Gasteiger partial charge in [0.05, 0.1) is 23.8 Å². The second-order valence-corrected chi connectivity index (χ2v) is 8.00. The molecular formula is C18H19N3O3S. The minimum atomic E-state index is -3.53. The molecule has 3 aromatic rings. The zero-order valence-electron chi connectivity index (χ0n) is 13.9. The van der Waals surface area contributed by atoms with Crippen molar-refractivity contribution in [3.63, 3.8) is 0 Å². The van der Waals surface area contributed by atoms with Gasteiger partial charge in [-0.15, -0.1) is 0 Å². The molecule has 25 heavy (non-hydrogen) atoms. The van der Waals surface area contributed by atoms with Crippen LogP contribution < -0.4 is 0 Å². The number of morpholine rings is 1. The number of aryl methyl sites for hydroxylation is 1. The highest BCUT2D eigenvalue weighted by atomic mass is 32.2. The van der Waals surface area contributed by atoms with E-state index in [1.54, 1.807) is 6.07 Å². The fourth-order valence-corrected chi connectivity index (χ4v) is 4.70. The highest BCUT2D eigenvalue weighted by molar-refractivity contribution is 7.89. The highest BCUT2D eigenvalue weighted by Crippen LogP contribution is 2.27. The summed E-state index contributed by atoms with van der Waals surface area (Å²) in [6, 6.07) is 11.3. The van der Waals surface area contributed by atoms with Crippen molar-refractivity contribution in [3.8, 4) is 11.3 Å². The summed E-state index contributed by atoms with van der Waals surface area (Å²) in [5.74, 6) is 0. The van der Waals surface area contributed by atoms with Crippen molar-refractivity contribution in [2.24, 2.45) is 0 Å². The average Bonchev–Trinajstić information content (AvgIpc) is 3.07. The quantitative estimate of drug-likeness (QED) is 0.722. The Morgan fingerprint density at radius 2 is 1.92 bits per heavy atom. The molecule has 0 atom stereocenters. The van der Waals surface area contributed by atoms with E-state index in [0.717, 1.165) is 22.5 Å². The van der Waals surface area contributed by atoms with Crippen molar-refractivity contribution < 1.29 is 13.2 Å². The SMILES string of the molecule is Cc1ccc(-c2cn3ccccc3n2)cc1S(=O)(=O)N1CCOCC1. The number of hydrogen-bond acceptors (Lipinski definition) is 4. The Labute approximate surface area is 146 Å². The maximum atomic E-state index is 13.0. The van der Waals surface area contributed by atoms with Crippen LogP contribution in [0.5, 0.6) is 0 Å². The molecule has 0 N–H and O–H groups in total. The number of nitrogens with zero attached hydrogens (tertiary/aromatic N) is 3. The third-order valence-electron chi connectivity index (χ3n) is 4.44. The summed E-state index contributed by atoms with van der Waals surface area (Å²) in [6.45, 7) is 3.47. The Bertz CT molecular complexity index is 988. The summed E-state index contributed by atoms with van der Waals surface area (Å²) in [6.07, 6.45) is 3.83. The van der Waals surface area contributed by atoms with Crippen LogP contribution in [-0.4, -0.2) is 48.4 Å². The van der Waals surface area contributed by atoms with Crippen molar-refractivity contribution >= 4 is 15.7 Å². The summed E-state index contributed by atoms with van der Waals surface area (Å²) in [5, 5.41) is 0. The normalized spacial score (nSPS) is 16.4. The number of benzene rings is 1. The van der Waals surface area contributed by atoms with Crippen molar-refractivity contribution in [1.29, 1.82) is 0 Å². The lowest BCUT2D eigenvalue weighted by Crippen LogP contribution is -2.40. The zero-order chi connectivity index (χ0) is 17.4. The number of sulfonamides is 1. The molecule has 0 saturated carbocycles. The van der Waals surface area contributed by atoms with E-state index >= 15 is 0 Å². The van der Waals surface area contributed by atoms with Gasteiger partial charge in [0.15, 0.2) is 0 Å². The van der Waals surface area contributed by atoms with Gasteiger partial charge in [0.1, 0.15) is 5.65 Å². The van der Waals surface area contributed by atoms with E-state index in [0.29, 0.717) is 31.2 Å². The number of hydrogen-bond donors (Lipinski definition) is 0. The number of aromatic nitrogens is 2. The standard InChI is InChI=1S/C18H19N3O3S/c1-14-5-6-15(16-13-20-7-3-2-4-18(20)19-16)12-17(14)25(22,23)21-8-10-24-11-9-21/h2-7,12-13H,8-11H2,1H3. The first kappa shape index (κ1) is 16.3. The van der Waals surface area contributed by atoms with Gasteiger partial charge in [-0.1, -0.05) is 18.2 Å². The Balaban J connectivity index is 1.78. The molecule has 4 rings (SSSR count). The molecule has 1 aliphatic heterocycles. The predicted octanol–water partition coefficient (Wildman–Crippen LogP) is 2.33. The van der Waals surface area contributed by atoms with E-state index in [2.05, 4.69) is 4.98 Å². The maximum absolute atomic E-state index is 13.0. The second kappa shape index (κ2) is 6.25. The molecule has 6 nitrogen and oxygen atoms in total. The zero-order valence-corrected chi connectivity index (χ0v) is 14.7. The first-order valence-corrected chi connectivity index (χ1v) is 9.62. The molecule has 2 aromatic heterocycles. The molecule has 7 heteroatoms. The first-order chi connectivity index (χ1) is 12.1.